The monoisotopic (exact) mass is 266 g/mol. The van der Waals surface area contributed by atoms with Gasteiger partial charge in [0, 0.05) is 23.7 Å². The molecule has 0 radical (unpaired) electrons. The molecule has 2 heterocycles. The van der Waals surface area contributed by atoms with Crippen molar-refractivity contribution >= 4 is 17.3 Å². The van der Waals surface area contributed by atoms with Crippen molar-refractivity contribution in [3.8, 4) is 0 Å². The molecule has 7 heteroatoms. The van der Waals surface area contributed by atoms with Gasteiger partial charge in [0.2, 0.25) is 0 Å². The number of esters is 1. The van der Waals surface area contributed by atoms with Gasteiger partial charge in [0.25, 0.3) is 0 Å². The quantitative estimate of drug-likeness (QED) is 0.793. The second-order valence-corrected chi connectivity index (χ2v) is 4.81. The first-order valence-electron chi connectivity index (χ1n) is 5.40. The first-order valence-corrected chi connectivity index (χ1v) is 6.28. The van der Waals surface area contributed by atoms with Crippen molar-refractivity contribution < 1.29 is 9.53 Å². The van der Waals surface area contributed by atoms with Crippen molar-refractivity contribution in [2.75, 3.05) is 7.11 Å². The zero-order chi connectivity index (χ0) is 13.0. The lowest BCUT2D eigenvalue weighted by molar-refractivity contribution is -0.142. The summed E-state index contributed by atoms with van der Waals surface area (Å²) in [4.78, 5) is 20.6. The number of nitrogens with two attached hydrogens (primary N) is 1. The number of rotatable bonds is 5. The largest absolute Gasteiger partial charge is 0.468 e. The second-order valence-electron chi connectivity index (χ2n) is 3.84. The highest BCUT2D eigenvalue weighted by atomic mass is 32.1. The Labute approximate surface area is 108 Å². The maximum Gasteiger partial charge on any atom is 0.323 e. The van der Waals surface area contributed by atoms with Crippen LogP contribution in [0.15, 0.2) is 24.2 Å². The van der Waals surface area contributed by atoms with Gasteiger partial charge in [-0.05, 0) is 0 Å². The van der Waals surface area contributed by atoms with E-state index in [0.717, 1.165) is 17.1 Å². The number of ether oxygens (including phenoxy) is 1. The maximum atomic E-state index is 11.2. The number of nitrogens with zero attached hydrogens (tertiary/aromatic N) is 3. The molecule has 0 unspecified atom stereocenters. The lowest BCUT2D eigenvalue weighted by atomic mass is 10.2. The smallest absolute Gasteiger partial charge is 0.323 e. The molecule has 0 aliphatic heterocycles. The molecule has 2 rings (SSSR count). The Morgan fingerprint density at radius 1 is 1.67 bits per heavy atom. The van der Waals surface area contributed by atoms with Gasteiger partial charge in [-0.15, -0.1) is 11.3 Å². The van der Waals surface area contributed by atoms with Crippen LogP contribution in [0.5, 0.6) is 0 Å². The van der Waals surface area contributed by atoms with Crippen LogP contribution >= 0.6 is 11.3 Å². The fourth-order valence-electron chi connectivity index (χ4n) is 1.56. The van der Waals surface area contributed by atoms with E-state index in [0.29, 0.717) is 6.42 Å². The molecule has 0 saturated carbocycles. The predicted octanol–water partition coefficient (Wildman–Crippen LogP) is 0.431. The lowest BCUT2D eigenvalue weighted by Crippen LogP contribution is -2.33. The van der Waals surface area contributed by atoms with Gasteiger partial charge >= 0.3 is 5.97 Å². The Balaban J connectivity index is 1.96. The van der Waals surface area contributed by atoms with Gasteiger partial charge < -0.3 is 15.0 Å². The van der Waals surface area contributed by atoms with Crippen molar-refractivity contribution in [2.24, 2.45) is 5.73 Å². The van der Waals surface area contributed by atoms with E-state index >= 15 is 0 Å². The predicted molar refractivity (Wildman–Crippen MR) is 67.1 cm³/mol. The van der Waals surface area contributed by atoms with Crippen LogP contribution in [0.4, 0.5) is 0 Å². The van der Waals surface area contributed by atoms with E-state index in [9.17, 15) is 4.79 Å². The summed E-state index contributed by atoms with van der Waals surface area (Å²) < 4.78 is 6.51. The third-order valence-electron chi connectivity index (χ3n) is 2.44. The number of carbonyl (C=O) groups is 1. The summed E-state index contributed by atoms with van der Waals surface area (Å²) in [5.41, 5.74) is 8.24. The standard InChI is InChI=1S/C11H14N4O2S/c1-17-11(16)10(12)2-8-4-15(6-14-8)5-9-3-13-7-18-9/h3-4,6-7,10H,2,5,12H2,1H3/t10-/m0/s1. The van der Waals surface area contributed by atoms with Crippen molar-refractivity contribution in [3.63, 3.8) is 0 Å². The molecule has 6 nitrogen and oxygen atoms in total. The molecule has 0 saturated heterocycles. The number of aromatic nitrogens is 3. The molecule has 2 aromatic heterocycles. The third kappa shape index (κ3) is 3.14. The fourth-order valence-corrected chi connectivity index (χ4v) is 2.16. The summed E-state index contributed by atoms with van der Waals surface area (Å²) in [6.07, 6.45) is 5.80. The zero-order valence-electron chi connectivity index (χ0n) is 9.94. The van der Waals surface area contributed by atoms with Gasteiger partial charge in [0.1, 0.15) is 6.04 Å². The van der Waals surface area contributed by atoms with E-state index < -0.39 is 12.0 Å². The Hall–Kier alpha value is -1.73. The van der Waals surface area contributed by atoms with Crippen molar-refractivity contribution in [3.05, 3.63) is 34.8 Å². The highest BCUT2D eigenvalue weighted by Crippen LogP contribution is 2.09. The summed E-state index contributed by atoms with van der Waals surface area (Å²) in [7, 11) is 1.32. The zero-order valence-corrected chi connectivity index (χ0v) is 10.8. The van der Waals surface area contributed by atoms with Crippen LogP contribution in [0.25, 0.3) is 0 Å². The normalized spacial score (nSPS) is 12.3. The molecule has 1 atom stereocenters. The van der Waals surface area contributed by atoms with Crippen LogP contribution in [-0.2, 0) is 22.5 Å². The summed E-state index contributed by atoms with van der Waals surface area (Å²) in [5, 5.41) is 0. The SMILES string of the molecule is COC(=O)[C@@H](N)Cc1cn(Cc2cncs2)cn1. The van der Waals surface area contributed by atoms with E-state index in [2.05, 4.69) is 14.7 Å². The Bertz CT molecular complexity index is 509. The summed E-state index contributed by atoms with van der Waals surface area (Å²) in [6, 6.07) is -0.665. The van der Waals surface area contributed by atoms with Crippen LogP contribution in [0.2, 0.25) is 0 Å². The first kappa shape index (κ1) is 12.7. The lowest BCUT2D eigenvalue weighted by Gasteiger charge is -2.06. The molecule has 0 aliphatic carbocycles. The third-order valence-corrected chi connectivity index (χ3v) is 3.21. The minimum absolute atomic E-state index is 0.377. The molecule has 0 aromatic carbocycles. The molecule has 0 fully saturated rings. The van der Waals surface area contributed by atoms with Gasteiger partial charge in [-0.2, -0.15) is 0 Å². The molecule has 2 aromatic rings. The van der Waals surface area contributed by atoms with Gasteiger partial charge in [-0.25, -0.2) is 4.98 Å². The number of hydrogen-bond acceptors (Lipinski definition) is 6. The molecule has 2 N–H and O–H groups in total. The van der Waals surface area contributed by atoms with Crippen LogP contribution in [0, 0.1) is 0 Å². The topological polar surface area (TPSA) is 83.0 Å². The van der Waals surface area contributed by atoms with Crippen LogP contribution < -0.4 is 5.73 Å². The molecular formula is C11H14N4O2S. The number of methoxy groups -OCH3 is 1. The molecule has 0 aliphatic rings. The molecule has 0 amide bonds. The molecule has 0 spiro atoms. The van der Waals surface area contributed by atoms with Crippen LogP contribution in [0.3, 0.4) is 0 Å². The molecule has 18 heavy (non-hydrogen) atoms. The maximum absolute atomic E-state index is 11.2. The van der Waals surface area contributed by atoms with Crippen LogP contribution in [-0.4, -0.2) is 33.7 Å². The highest BCUT2D eigenvalue weighted by Gasteiger charge is 2.15. The van der Waals surface area contributed by atoms with Crippen LogP contribution in [0.1, 0.15) is 10.6 Å². The summed E-state index contributed by atoms with van der Waals surface area (Å²) >= 11 is 1.59. The van der Waals surface area contributed by atoms with E-state index in [4.69, 9.17) is 5.73 Å². The van der Waals surface area contributed by atoms with Crippen molar-refractivity contribution in [1.82, 2.24) is 14.5 Å². The number of thiazole rings is 1. The second kappa shape index (κ2) is 5.74. The Kier molecular flexibility index (Phi) is 4.06. The molecule has 96 valence electrons. The summed E-state index contributed by atoms with van der Waals surface area (Å²) in [6.45, 7) is 0.727. The van der Waals surface area contributed by atoms with E-state index in [1.165, 1.54) is 7.11 Å². The van der Waals surface area contributed by atoms with Gasteiger partial charge in [-0.1, -0.05) is 0 Å². The average Bonchev–Trinajstić information content (AvgIpc) is 3.01. The number of carbonyl (C=O) groups excluding carboxylic acids is 1. The van der Waals surface area contributed by atoms with Gasteiger partial charge in [-0.3, -0.25) is 9.78 Å². The average molecular weight is 266 g/mol. The highest BCUT2D eigenvalue weighted by molar-refractivity contribution is 7.09. The van der Waals surface area contributed by atoms with Gasteiger partial charge in [0.05, 0.1) is 31.2 Å². The van der Waals surface area contributed by atoms with E-state index in [1.807, 2.05) is 17.0 Å². The summed E-state index contributed by atoms with van der Waals surface area (Å²) in [5.74, 6) is -0.424. The van der Waals surface area contributed by atoms with E-state index in [1.54, 1.807) is 23.2 Å². The number of imidazole rings is 1. The fraction of sp³-hybridized carbons (Fsp3) is 0.364. The van der Waals surface area contributed by atoms with Crippen molar-refractivity contribution in [2.45, 2.75) is 19.0 Å². The first-order chi connectivity index (χ1) is 8.69. The van der Waals surface area contributed by atoms with Gasteiger partial charge in [0.15, 0.2) is 0 Å². The minimum atomic E-state index is -0.665. The Morgan fingerprint density at radius 2 is 2.50 bits per heavy atom. The molecular weight excluding hydrogens is 252 g/mol. The molecule has 0 bridgehead atoms. The Morgan fingerprint density at radius 3 is 3.17 bits per heavy atom. The number of hydrogen-bond donors (Lipinski definition) is 1. The van der Waals surface area contributed by atoms with Crippen molar-refractivity contribution in [1.29, 1.82) is 0 Å². The minimum Gasteiger partial charge on any atom is -0.468 e. The van der Waals surface area contributed by atoms with E-state index in [-0.39, 0.29) is 0 Å².